The minimum absolute atomic E-state index is 0.00677. The van der Waals surface area contributed by atoms with E-state index in [-0.39, 0.29) is 12.3 Å². The highest BCUT2D eigenvalue weighted by molar-refractivity contribution is 6.13. The van der Waals surface area contributed by atoms with E-state index >= 15 is 0 Å². The van der Waals surface area contributed by atoms with Crippen LogP contribution >= 0.6 is 0 Å². The number of hydrogen-bond acceptors (Lipinski definition) is 2. The van der Waals surface area contributed by atoms with Crippen molar-refractivity contribution in [2.24, 2.45) is 0 Å². The molecule has 3 aromatic carbocycles. The van der Waals surface area contributed by atoms with E-state index in [4.69, 9.17) is 0 Å². The van der Waals surface area contributed by atoms with Crippen molar-refractivity contribution < 1.29 is 26.7 Å². The van der Waals surface area contributed by atoms with Gasteiger partial charge in [0.05, 0.1) is 28.6 Å². The van der Waals surface area contributed by atoms with Crippen LogP contribution in [0.4, 0.5) is 33.3 Å². The lowest BCUT2D eigenvalue weighted by Gasteiger charge is -2.28. The molecule has 1 aliphatic rings. The number of carbonyl (C=O) groups is 1. The summed E-state index contributed by atoms with van der Waals surface area (Å²) in [7, 11) is 0. The van der Waals surface area contributed by atoms with Crippen LogP contribution in [-0.2, 0) is 22.8 Å². The topological polar surface area (TPSA) is 33.2 Å². The summed E-state index contributed by atoms with van der Waals surface area (Å²) in [6.45, 7) is 1.81. The molecule has 4 aromatic rings. The fourth-order valence-electron chi connectivity index (χ4n) is 5.05. The summed E-state index contributed by atoms with van der Waals surface area (Å²) >= 11 is 0. The molecule has 0 bridgehead atoms. The Morgan fingerprint density at radius 1 is 0.892 bits per heavy atom. The molecule has 5 rings (SSSR count). The molecule has 0 fully saturated rings. The van der Waals surface area contributed by atoms with E-state index in [0.29, 0.717) is 40.0 Å². The molecule has 3 nitrogen and oxygen atoms in total. The number of anilines is 2. The molecule has 0 N–H and O–H groups in total. The van der Waals surface area contributed by atoms with Gasteiger partial charge in [-0.2, -0.15) is 13.2 Å². The molecule has 0 saturated heterocycles. The van der Waals surface area contributed by atoms with Gasteiger partial charge in [-0.1, -0.05) is 25.1 Å². The fraction of sp³-hybridized carbons (Fsp3) is 0.172. The first-order valence-corrected chi connectivity index (χ1v) is 11.6. The summed E-state index contributed by atoms with van der Waals surface area (Å²) in [5, 5.41) is 0. The normalized spacial score (nSPS) is 17.2. The highest BCUT2D eigenvalue weighted by Crippen LogP contribution is 2.50. The monoisotopic (exact) mass is 508 g/mol. The van der Waals surface area contributed by atoms with E-state index in [0.717, 1.165) is 18.2 Å². The number of carbonyl (C=O) groups excluding carboxylic acids is 1. The Bertz CT molecular complexity index is 1470. The summed E-state index contributed by atoms with van der Waals surface area (Å²) in [5.74, 6) is -1.81. The van der Waals surface area contributed by atoms with Gasteiger partial charge < -0.3 is 0 Å². The number of fused-ring (bicyclic) bond motifs is 1. The van der Waals surface area contributed by atoms with Gasteiger partial charge in [-0.3, -0.25) is 14.7 Å². The molecule has 1 unspecified atom stereocenters. The standard InChI is InChI=1S/C29H21F5N2O/c1-2-28(16-18-11-22(30)15-23(31)12-18)25-14-20(19-5-3-6-21(13-19)29(32,33)34)8-9-26(25)36(27(28)37)24-7-4-10-35-17-24/h3-15,17H,2,16H2,1H3. The lowest BCUT2D eigenvalue weighted by Crippen LogP contribution is -2.39. The second-order valence-electron chi connectivity index (χ2n) is 9.05. The highest BCUT2D eigenvalue weighted by atomic mass is 19.4. The Labute approximate surface area is 210 Å². The van der Waals surface area contributed by atoms with Gasteiger partial charge in [0.2, 0.25) is 5.91 Å². The molecule has 0 saturated carbocycles. The van der Waals surface area contributed by atoms with E-state index in [1.54, 1.807) is 49.5 Å². The Morgan fingerprint density at radius 3 is 2.27 bits per heavy atom. The predicted molar refractivity (Wildman–Crippen MR) is 130 cm³/mol. The largest absolute Gasteiger partial charge is 0.416 e. The molecule has 8 heteroatoms. The van der Waals surface area contributed by atoms with Crippen LogP contribution in [0.2, 0.25) is 0 Å². The number of aromatic nitrogens is 1. The zero-order chi connectivity index (χ0) is 26.4. The quantitative estimate of drug-likeness (QED) is 0.260. The van der Waals surface area contributed by atoms with Crippen LogP contribution in [-0.4, -0.2) is 10.9 Å². The summed E-state index contributed by atoms with van der Waals surface area (Å²) < 4.78 is 68.2. The number of alkyl halides is 3. The number of halogens is 5. The summed E-state index contributed by atoms with van der Waals surface area (Å²) in [6.07, 6.45) is -1.10. The fourth-order valence-corrected chi connectivity index (χ4v) is 5.05. The van der Waals surface area contributed by atoms with Crippen molar-refractivity contribution in [3.8, 4) is 11.1 Å². The summed E-state index contributed by atoms with van der Waals surface area (Å²) in [6, 6.07) is 16.6. The van der Waals surface area contributed by atoms with E-state index in [1.807, 2.05) is 0 Å². The summed E-state index contributed by atoms with van der Waals surface area (Å²) in [5.41, 5.74) is 0.785. The van der Waals surface area contributed by atoms with E-state index in [1.165, 1.54) is 29.3 Å². The number of nitrogens with zero attached hydrogens (tertiary/aromatic N) is 2. The molecular formula is C29H21F5N2O. The average Bonchev–Trinajstić information content (AvgIpc) is 3.10. The maximum Gasteiger partial charge on any atom is 0.416 e. The van der Waals surface area contributed by atoms with Gasteiger partial charge in [-0.25, -0.2) is 8.78 Å². The SMILES string of the molecule is CCC1(Cc2cc(F)cc(F)c2)C(=O)N(c2cccnc2)c2ccc(-c3cccc(C(F)(F)F)c3)cc21. The van der Waals surface area contributed by atoms with Crippen LogP contribution in [0.15, 0.2) is 85.2 Å². The second kappa shape index (κ2) is 9.10. The lowest BCUT2D eigenvalue weighted by atomic mass is 9.73. The van der Waals surface area contributed by atoms with Crippen molar-refractivity contribution in [1.82, 2.24) is 4.98 Å². The number of pyridine rings is 1. The second-order valence-corrected chi connectivity index (χ2v) is 9.05. The number of benzene rings is 3. The number of hydrogen-bond donors (Lipinski definition) is 0. The van der Waals surface area contributed by atoms with Gasteiger partial charge in [0.1, 0.15) is 11.6 Å². The molecule has 188 valence electrons. The van der Waals surface area contributed by atoms with Crippen molar-refractivity contribution >= 4 is 17.3 Å². The number of amides is 1. The maximum atomic E-state index is 14.1. The molecule has 1 atom stereocenters. The minimum Gasteiger partial charge on any atom is -0.278 e. The van der Waals surface area contributed by atoms with E-state index in [2.05, 4.69) is 4.98 Å². The molecule has 1 aliphatic heterocycles. The Kier molecular flexibility index (Phi) is 6.06. The van der Waals surface area contributed by atoms with Gasteiger partial charge >= 0.3 is 6.18 Å². The zero-order valence-corrected chi connectivity index (χ0v) is 19.7. The Hall–Kier alpha value is -4.07. The first-order chi connectivity index (χ1) is 17.6. The number of rotatable bonds is 5. The molecule has 1 amide bonds. The third-order valence-electron chi connectivity index (χ3n) is 6.82. The van der Waals surface area contributed by atoms with Gasteiger partial charge in [-0.15, -0.1) is 0 Å². The van der Waals surface area contributed by atoms with Gasteiger partial charge in [0.25, 0.3) is 0 Å². The molecule has 0 spiro atoms. The van der Waals surface area contributed by atoms with Crippen LogP contribution in [0.1, 0.15) is 30.0 Å². The molecule has 0 aliphatic carbocycles. The van der Waals surface area contributed by atoms with Crippen LogP contribution in [0, 0.1) is 11.6 Å². The minimum atomic E-state index is -4.51. The third kappa shape index (κ3) is 4.37. The Morgan fingerprint density at radius 2 is 1.62 bits per heavy atom. The van der Waals surface area contributed by atoms with Crippen molar-refractivity contribution in [2.45, 2.75) is 31.4 Å². The smallest absolute Gasteiger partial charge is 0.278 e. The van der Waals surface area contributed by atoms with Gasteiger partial charge in [0, 0.05) is 12.3 Å². The van der Waals surface area contributed by atoms with Crippen LogP contribution in [0.5, 0.6) is 0 Å². The van der Waals surface area contributed by atoms with E-state index in [9.17, 15) is 26.7 Å². The van der Waals surface area contributed by atoms with Crippen LogP contribution in [0.3, 0.4) is 0 Å². The highest BCUT2D eigenvalue weighted by Gasteiger charge is 2.50. The van der Waals surface area contributed by atoms with Gasteiger partial charge in [-0.05, 0) is 83.6 Å². The zero-order valence-electron chi connectivity index (χ0n) is 19.7. The average molecular weight is 508 g/mol. The maximum absolute atomic E-state index is 14.1. The predicted octanol–water partition coefficient (Wildman–Crippen LogP) is 7.61. The van der Waals surface area contributed by atoms with Crippen LogP contribution in [0.25, 0.3) is 11.1 Å². The molecule has 37 heavy (non-hydrogen) atoms. The van der Waals surface area contributed by atoms with Gasteiger partial charge in [0.15, 0.2) is 0 Å². The van der Waals surface area contributed by atoms with E-state index < -0.39 is 28.8 Å². The first-order valence-electron chi connectivity index (χ1n) is 11.6. The van der Waals surface area contributed by atoms with Crippen molar-refractivity contribution in [1.29, 1.82) is 0 Å². The lowest BCUT2D eigenvalue weighted by molar-refractivity contribution is -0.137. The Balaban J connectivity index is 1.70. The first kappa shape index (κ1) is 24.6. The van der Waals surface area contributed by atoms with Crippen LogP contribution < -0.4 is 4.90 Å². The molecule has 1 aromatic heterocycles. The van der Waals surface area contributed by atoms with Crippen molar-refractivity contribution in [2.75, 3.05) is 4.90 Å². The molecule has 2 heterocycles. The molecular weight excluding hydrogens is 487 g/mol. The van der Waals surface area contributed by atoms with Crippen molar-refractivity contribution in [3.63, 3.8) is 0 Å². The van der Waals surface area contributed by atoms with Crippen molar-refractivity contribution in [3.05, 3.63) is 114 Å². The molecule has 0 radical (unpaired) electrons. The summed E-state index contributed by atoms with van der Waals surface area (Å²) in [4.78, 5) is 19.7. The third-order valence-corrected chi connectivity index (χ3v) is 6.82.